The Balaban J connectivity index is 0.000000232. The zero-order valence-corrected chi connectivity index (χ0v) is 24.8. The fourth-order valence-electron chi connectivity index (χ4n) is 5.65. The van der Waals surface area contributed by atoms with Crippen molar-refractivity contribution in [3.8, 4) is 6.07 Å². The number of piperidine rings is 1. The van der Waals surface area contributed by atoms with Gasteiger partial charge in [0.2, 0.25) is 18.2 Å². The Morgan fingerprint density at radius 2 is 1.80 bits per heavy atom. The smallest absolute Gasteiger partial charge is 0.375 e. The number of carbonyl (C=O) groups is 4. The van der Waals surface area contributed by atoms with Crippen molar-refractivity contribution in [1.29, 1.82) is 5.26 Å². The average Bonchev–Trinajstić information content (AvgIpc) is 3.17. The molecule has 4 unspecified atom stereocenters. The molecule has 0 aromatic heterocycles. The van der Waals surface area contributed by atoms with Gasteiger partial charge in [0, 0.05) is 31.6 Å². The summed E-state index contributed by atoms with van der Waals surface area (Å²) < 4.78 is 39.0. The molecule has 232 valence electrons. The average molecular weight is 588 g/mol. The van der Waals surface area contributed by atoms with Crippen LogP contribution in [0.2, 0.25) is 0 Å². The molecule has 2 saturated heterocycles. The quantitative estimate of drug-likeness (QED) is 0.373. The Kier molecular flexibility index (Phi) is 11.6. The van der Waals surface area contributed by atoms with Gasteiger partial charge in [-0.15, -0.1) is 0 Å². The lowest BCUT2D eigenvalue weighted by Gasteiger charge is -2.30. The highest BCUT2D eigenvalue weighted by Gasteiger charge is 2.62. The van der Waals surface area contributed by atoms with Gasteiger partial charge in [-0.3, -0.25) is 19.2 Å². The van der Waals surface area contributed by atoms with Crippen molar-refractivity contribution in [1.82, 2.24) is 20.9 Å². The second-order valence-electron chi connectivity index (χ2n) is 12.6. The molecule has 4 amide bonds. The fraction of sp³-hybridized carbons (Fsp3) is 0.821. The van der Waals surface area contributed by atoms with Gasteiger partial charge in [0.25, 0.3) is 0 Å². The van der Waals surface area contributed by atoms with Crippen LogP contribution < -0.4 is 16.0 Å². The summed E-state index contributed by atoms with van der Waals surface area (Å²) in [5, 5.41) is 15.4. The number of hydrogen-bond donors (Lipinski definition) is 3. The van der Waals surface area contributed by atoms with Crippen LogP contribution >= 0.6 is 0 Å². The van der Waals surface area contributed by atoms with Crippen LogP contribution in [0.4, 0.5) is 13.2 Å². The fourth-order valence-corrected chi connectivity index (χ4v) is 5.65. The molecule has 4 fully saturated rings. The first kappa shape index (κ1) is 34.3. The summed E-state index contributed by atoms with van der Waals surface area (Å²) in [5.74, 6) is -0.332. The van der Waals surface area contributed by atoms with E-state index >= 15 is 0 Å². The van der Waals surface area contributed by atoms with Crippen LogP contribution in [0.15, 0.2) is 0 Å². The monoisotopic (exact) mass is 587 g/mol. The minimum Gasteiger partial charge on any atom is -0.375 e. The highest BCUT2D eigenvalue weighted by molar-refractivity contribution is 5.82. The lowest BCUT2D eigenvalue weighted by atomic mass is 9.92. The number of nitrogens with zero attached hydrogens (tertiary/aromatic N) is 2. The standard InChI is InChI=1S/C15H25NO2.C10H15N3O2.C3H4F3NO/c1-10(18-11-5-4-6-11)7-14(17)16-8-12-13(9-16)15(12,2)3;1-10(2)4-7(9(15)13-10)3-8(5-11)12-6-14;1-7-2(8)3(4,5)6/h10-13H,4-9H2,1-3H3;6-8H,3-4H2,1-2H3,(H,12,14)(H,13,15);1H3,(H,7,8)/t10-,12?,13?;;/m1../s1. The Morgan fingerprint density at radius 1 is 1.22 bits per heavy atom. The molecule has 0 aromatic carbocycles. The van der Waals surface area contributed by atoms with Crippen LogP contribution in [0.5, 0.6) is 0 Å². The van der Waals surface area contributed by atoms with Crippen molar-refractivity contribution in [3.63, 3.8) is 0 Å². The van der Waals surface area contributed by atoms with E-state index in [0.29, 0.717) is 43.1 Å². The van der Waals surface area contributed by atoms with E-state index in [1.54, 1.807) is 0 Å². The highest BCUT2D eigenvalue weighted by atomic mass is 19.4. The molecule has 4 aliphatic rings. The topological polar surface area (TPSA) is 141 Å². The number of fused-ring (bicyclic) bond motifs is 1. The first-order valence-corrected chi connectivity index (χ1v) is 14.1. The van der Waals surface area contributed by atoms with Crippen molar-refractivity contribution in [2.24, 2.45) is 23.2 Å². The number of nitriles is 1. The van der Waals surface area contributed by atoms with Crippen LogP contribution in [0.25, 0.3) is 0 Å². The number of rotatable bonds is 8. The normalized spacial score (nSPS) is 26.7. The third kappa shape index (κ3) is 9.87. The maximum atomic E-state index is 12.2. The van der Waals surface area contributed by atoms with Crippen molar-refractivity contribution < 1.29 is 37.1 Å². The van der Waals surface area contributed by atoms with Gasteiger partial charge in [-0.05, 0) is 70.1 Å². The number of alkyl halides is 3. The lowest BCUT2D eigenvalue weighted by molar-refractivity contribution is -0.173. The summed E-state index contributed by atoms with van der Waals surface area (Å²) in [7, 11) is 0.926. The zero-order chi connectivity index (χ0) is 31.2. The number of likely N-dealkylation sites (tertiary alicyclic amines) is 1. The molecular weight excluding hydrogens is 543 g/mol. The molecule has 0 bridgehead atoms. The maximum absolute atomic E-state index is 12.2. The molecule has 2 aliphatic carbocycles. The van der Waals surface area contributed by atoms with Crippen LogP contribution in [-0.2, 0) is 23.9 Å². The number of amides is 4. The van der Waals surface area contributed by atoms with E-state index in [2.05, 4.69) is 29.4 Å². The molecule has 2 saturated carbocycles. The van der Waals surface area contributed by atoms with Crippen molar-refractivity contribution in [2.45, 2.75) is 103 Å². The van der Waals surface area contributed by atoms with E-state index in [4.69, 9.17) is 10.00 Å². The molecule has 0 radical (unpaired) electrons. The van der Waals surface area contributed by atoms with Crippen LogP contribution in [-0.4, -0.2) is 79.1 Å². The Bertz CT molecular complexity index is 979. The number of halogens is 3. The lowest BCUT2D eigenvalue weighted by Crippen LogP contribution is -2.36. The Hall–Kier alpha value is -2.88. The van der Waals surface area contributed by atoms with E-state index in [1.807, 2.05) is 26.8 Å². The minimum atomic E-state index is -4.74. The van der Waals surface area contributed by atoms with Gasteiger partial charge < -0.3 is 25.6 Å². The van der Waals surface area contributed by atoms with Gasteiger partial charge in [0.1, 0.15) is 6.04 Å². The summed E-state index contributed by atoms with van der Waals surface area (Å²) in [4.78, 5) is 45.5. The molecule has 2 heterocycles. The minimum absolute atomic E-state index is 0.0343. The summed E-state index contributed by atoms with van der Waals surface area (Å²) in [6.07, 6.45) is 1.56. The molecule has 4 rings (SSSR count). The summed E-state index contributed by atoms with van der Waals surface area (Å²) in [6, 6.07) is 1.38. The van der Waals surface area contributed by atoms with Gasteiger partial charge >= 0.3 is 12.1 Å². The van der Waals surface area contributed by atoms with Gasteiger partial charge in [-0.1, -0.05) is 13.8 Å². The third-order valence-corrected chi connectivity index (χ3v) is 8.43. The SMILES string of the molecule is CC1(C)CC(CC(C#N)NC=O)C(=O)N1.CNC(=O)C(F)(F)F.C[C@H](CC(=O)N1CC2C(C1)C2(C)C)OC1CCC1. The largest absolute Gasteiger partial charge is 0.471 e. The maximum Gasteiger partial charge on any atom is 0.471 e. The number of carbonyl (C=O) groups excluding carboxylic acids is 4. The van der Waals surface area contributed by atoms with Gasteiger partial charge in [-0.25, -0.2) is 0 Å². The molecular formula is C28H44F3N5O5. The third-order valence-electron chi connectivity index (χ3n) is 8.43. The van der Waals surface area contributed by atoms with Crippen molar-refractivity contribution >= 4 is 24.1 Å². The van der Waals surface area contributed by atoms with Crippen LogP contribution in [0, 0.1) is 34.5 Å². The highest BCUT2D eigenvalue weighted by Crippen LogP contribution is 2.62. The molecule has 41 heavy (non-hydrogen) atoms. The van der Waals surface area contributed by atoms with Crippen molar-refractivity contribution in [2.75, 3.05) is 20.1 Å². The summed E-state index contributed by atoms with van der Waals surface area (Å²) in [6.45, 7) is 12.5. The van der Waals surface area contributed by atoms with Gasteiger partial charge in [0.05, 0.1) is 24.7 Å². The van der Waals surface area contributed by atoms with E-state index in [-0.39, 0.29) is 23.5 Å². The van der Waals surface area contributed by atoms with Crippen LogP contribution in [0.3, 0.4) is 0 Å². The number of ether oxygens (including phenoxy) is 1. The van der Waals surface area contributed by atoms with Gasteiger partial charge in [-0.2, -0.15) is 18.4 Å². The molecule has 2 aliphatic heterocycles. The van der Waals surface area contributed by atoms with E-state index in [9.17, 15) is 32.3 Å². The van der Waals surface area contributed by atoms with Gasteiger partial charge in [0.15, 0.2) is 0 Å². The first-order valence-electron chi connectivity index (χ1n) is 14.1. The zero-order valence-electron chi connectivity index (χ0n) is 24.8. The predicted octanol–water partition coefficient (Wildman–Crippen LogP) is 2.67. The van der Waals surface area contributed by atoms with Crippen molar-refractivity contribution in [3.05, 3.63) is 0 Å². The number of hydrogen-bond acceptors (Lipinski definition) is 6. The number of nitrogens with one attached hydrogen (secondary N) is 3. The second kappa shape index (κ2) is 13.9. The van der Waals surface area contributed by atoms with Crippen LogP contribution in [0.1, 0.15) is 73.1 Å². The van der Waals surface area contributed by atoms with E-state index in [0.717, 1.165) is 32.0 Å². The predicted molar refractivity (Wildman–Crippen MR) is 144 cm³/mol. The molecule has 5 atom stereocenters. The van der Waals surface area contributed by atoms with E-state index < -0.39 is 18.1 Å². The Morgan fingerprint density at radius 3 is 2.17 bits per heavy atom. The summed E-state index contributed by atoms with van der Waals surface area (Å²) in [5.41, 5.74) is 0.285. The summed E-state index contributed by atoms with van der Waals surface area (Å²) >= 11 is 0. The molecule has 10 nitrogen and oxygen atoms in total. The molecule has 0 aromatic rings. The Labute approximate surface area is 240 Å². The molecule has 13 heteroatoms. The molecule has 3 N–H and O–H groups in total. The molecule has 0 spiro atoms. The second-order valence-corrected chi connectivity index (χ2v) is 12.6. The first-order chi connectivity index (χ1) is 18.9. The van der Waals surface area contributed by atoms with E-state index in [1.165, 1.54) is 24.6 Å².